The standard InChI is InChI=1S/C26H34Cl2N2O4/c1-5-18(3)29-26(32)24(6-2)30(17-21-22(27)9-7-10-23(21)28)25(31)11-8-16-34-20-14-12-19(33-4)13-15-20/h7,9-10,12-15,18,24H,5-6,8,11,16-17H2,1-4H3,(H,29,32). The van der Waals surface area contributed by atoms with Crippen LogP contribution in [0.3, 0.4) is 0 Å². The summed E-state index contributed by atoms with van der Waals surface area (Å²) in [6.07, 6.45) is 2.00. The van der Waals surface area contributed by atoms with Crippen LogP contribution in [0.1, 0.15) is 52.0 Å². The van der Waals surface area contributed by atoms with Gasteiger partial charge in [-0.3, -0.25) is 9.59 Å². The number of benzene rings is 2. The quantitative estimate of drug-likeness (QED) is 0.343. The number of hydrogen-bond acceptors (Lipinski definition) is 4. The Morgan fingerprint density at radius 2 is 1.62 bits per heavy atom. The lowest BCUT2D eigenvalue weighted by Crippen LogP contribution is -2.50. The average Bonchev–Trinajstić information content (AvgIpc) is 2.83. The van der Waals surface area contributed by atoms with Crippen molar-refractivity contribution in [3.05, 3.63) is 58.1 Å². The third kappa shape index (κ3) is 8.10. The highest BCUT2D eigenvalue weighted by molar-refractivity contribution is 6.36. The third-order valence-electron chi connectivity index (χ3n) is 5.64. The normalized spacial score (nSPS) is 12.5. The first-order chi connectivity index (χ1) is 16.3. The lowest BCUT2D eigenvalue weighted by molar-refractivity contribution is -0.141. The number of nitrogens with one attached hydrogen (secondary N) is 1. The lowest BCUT2D eigenvalue weighted by Gasteiger charge is -2.32. The van der Waals surface area contributed by atoms with E-state index in [-0.39, 0.29) is 30.8 Å². The Hall–Kier alpha value is -2.44. The van der Waals surface area contributed by atoms with Gasteiger partial charge in [-0.2, -0.15) is 0 Å². The average molecular weight is 509 g/mol. The molecule has 2 aromatic carbocycles. The van der Waals surface area contributed by atoms with Crippen molar-refractivity contribution in [3.8, 4) is 11.5 Å². The summed E-state index contributed by atoms with van der Waals surface area (Å²) < 4.78 is 10.9. The Kier molecular flexibility index (Phi) is 11.5. The number of amides is 2. The molecule has 2 rings (SSSR count). The molecule has 2 atom stereocenters. The van der Waals surface area contributed by atoms with Crippen molar-refractivity contribution in [2.75, 3.05) is 13.7 Å². The maximum absolute atomic E-state index is 13.3. The van der Waals surface area contributed by atoms with E-state index in [9.17, 15) is 9.59 Å². The first kappa shape index (κ1) is 27.8. The molecule has 8 heteroatoms. The van der Waals surface area contributed by atoms with Gasteiger partial charge in [-0.25, -0.2) is 0 Å². The molecule has 186 valence electrons. The van der Waals surface area contributed by atoms with E-state index in [1.54, 1.807) is 30.2 Å². The number of ether oxygens (including phenoxy) is 2. The monoisotopic (exact) mass is 508 g/mol. The molecule has 0 saturated carbocycles. The van der Waals surface area contributed by atoms with Gasteiger partial charge in [-0.15, -0.1) is 0 Å². The van der Waals surface area contributed by atoms with Crippen LogP contribution in [-0.2, 0) is 16.1 Å². The second kappa shape index (κ2) is 14.1. The van der Waals surface area contributed by atoms with Gasteiger partial charge in [0, 0.05) is 34.6 Å². The van der Waals surface area contributed by atoms with Crippen LogP contribution >= 0.6 is 23.2 Å². The van der Waals surface area contributed by atoms with Crippen molar-refractivity contribution in [1.29, 1.82) is 0 Å². The van der Waals surface area contributed by atoms with Gasteiger partial charge in [0.05, 0.1) is 13.7 Å². The van der Waals surface area contributed by atoms with Crippen molar-refractivity contribution >= 4 is 35.0 Å². The second-order valence-corrected chi connectivity index (χ2v) is 8.91. The van der Waals surface area contributed by atoms with Crippen LogP contribution < -0.4 is 14.8 Å². The van der Waals surface area contributed by atoms with Gasteiger partial charge in [0.1, 0.15) is 17.5 Å². The Bertz CT molecular complexity index is 917. The van der Waals surface area contributed by atoms with Crippen LogP contribution in [0.4, 0.5) is 0 Å². The molecule has 6 nitrogen and oxygen atoms in total. The van der Waals surface area contributed by atoms with E-state index in [1.807, 2.05) is 45.0 Å². The maximum atomic E-state index is 13.3. The number of carbonyl (C=O) groups excluding carboxylic acids is 2. The van der Waals surface area contributed by atoms with Crippen LogP contribution in [0.15, 0.2) is 42.5 Å². The van der Waals surface area contributed by atoms with Crippen LogP contribution in [0, 0.1) is 0 Å². The van der Waals surface area contributed by atoms with Crippen molar-refractivity contribution in [1.82, 2.24) is 10.2 Å². The van der Waals surface area contributed by atoms with Crippen molar-refractivity contribution in [3.63, 3.8) is 0 Å². The van der Waals surface area contributed by atoms with Crippen molar-refractivity contribution < 1.29 is 19.1 Å². The molecular weight excluding hydrogens is 475 g/mol. The van der Waals surface area contributed by atoms with Gasteiger partial charge >= 0.3 is 0 Å². The summed E-state index contributed by atoms with van der Waals surface area (Å²) in [6, 6.07) is 11.9. The number of rotatable bonds is 13. The summed E-state index contributed by atoms with van der Waals surface area (Å²) in [4.78, 5) is 27.9. The predicted octanol–water partition coefficient (Wildman–Crippen LogP) is 5.88. The topological polar surface area (TPSA) is 67.9 Å². The molecule has 2 aromatic rings. The number of hydrogen-bond donors (Lipinski definition) is 1. The van der Waals surface area contributed by atoms with Crippen molar-refractivity contribution in [2.24, 2.45) is 0 Å². The lowest BCUT2D eigenvalue weighted by atomic mass is 10.1. The van der Waals surface area contributed by atoms with Gasteiger partial charge in [0.25, 0.3) is 0 Å². The fourth-order valence-electron chi connectivity index (χ4n) is 3.44. The molecule has 2 amide bonds. The number of carbonyl (C=O) groups is 2. The SMILES string of the molecule is CCC(C)NC(=O)C(CC)N(Cc1c(Cl)cccc1Cl)C(=O)CCCOc1ccc(OC)cc1. The maximum Gasteiger partial charge on any atom is 0.243 e. The Morgan fingerprint density at radius 1 is 1.00 bits per heavy atom. The largest absolute Gasteiger partial charge is 0.497 e. The summed E-state index contributed by atoms with van der Waals surface area (Å²) in [6.45, 7) is 6.36. The van der Waals surface area contributed by atoms with E-state index in [4.69, 9.17) is 32.7 Å². The molecule has 0 saturated heterocycles. The van der Waals surface area contributed by atoms with Gasteiger partial charge in [-0.1, -0.05) is 43.1 Å². The summed E-state index contributed by atoms with van der Waals surface area (Å²) in [5.41, 5.74) is 0.628. The van der Waals surface area contributed by atoms with Crippen LogP contribution in [0.5, 0.6) is 11.5 Å². The Labute approximate surface area is 212 Å². The Morgan fingerprint density at radius 3 is 2.18 bits per heavy atom. The predicted molar refractivity (Wildman–Crippen MR) is 137 cm³/mol. The highest BCUT2D eigenvalue weighted by Crippen LogP contribution is 2.27. The zero-order valence-electron chi connectivity index (χ0n) is 20.3. The van der Waals surface area contributed by atoms with E-state index < -0.39 is 6.04 Å². The van der Waals surface area contributed by atoms with Gasteiger partial charge in [0.2, 0.25) is 11.8 Å². The molecule has 0 aliphatic rings. The van der Waals surface area contributed by atoms with Crippen LogP contribution in [0.2, 0.25) is 10.0 Å². The minimum atomic E-state index is -0.628. The molecular formula is C26H34Cl2N2O4. The molecule has 1 N–H and O–H groups in total. The van der Waals surface area contributed by atoms with E-state index >= 15 is 0 Å². The molecule has 0 radical (unpaired) electrons. The zero-order valence-corrected chi connectivity index (χ0v) is 21.8. The molecule has 0 heterocycles. The number of halogens is 2. The number of nitrogens with zero attached hydrogens (tertiary/aromatic N) is 1. The van der Waals surface area contributed by atoms with Gasteiger partial charge < -0.3 is 19.7 Å². The van der Waals surface area contributed by atoms with Crippen molar-refractivity contribution in [2.45, 2.75) is 65.1 Å². The fraction of sp³-hybridized carbons (Fsp3) is 0.462. The van der Waals surface area contributed by atoms with Gasteiger partial charge in [-0.05, 0) is 62.6 Å². The van der Waals surface area contributed by atoms with E-state index in [1.165, 1.54) is 0 Å². The summed E-state index contributed by atoms with van der Waals surface area (Å²) in [7, 11) is 1.61. The summed E-state index contributed by atoms with van der Waals surface area (Å²) in [5, 5.41) is 3.92. The molecule has 0 fully saturated rings. The molecule has 2 unspecified atom stereocenters. The first-order valence-corrected chi connectivity index (χ1v) is 12.4. The third-order valence-corrected chi connectivity index (χ3v) is 6.35. The van der Waals surface area contributed by atoms with Crippen LogP contribution in [0.25, 0.3) is 0 Å². The fourth-order valence-corrected chi connectivity index (χ4v) is 3.96. The van der Waals surface area contributed by atoms with E-state index in [0.717, 1.165) is 12.2 Å². The summed E-state index contributed by atoms with van der Waals surface area (Å²) >= 11 is 12.8. The molecule has 0 bridgehead atoms. The molecule has 0 aliphatic heterocycles. The molecule has 0 spiro atoms. The summed E-state index contributed by atoms with van der Waals surface area (Å²) in [5.74, 6) is 1.12. The van der Waals surface area contributed by atoms with Crippen LogP contribution in [-0.4, -0.2) is 42.5 Å². The Balaban J connectivity index is 2.11. The molecule has 34 heavy (non-hydrogen) atoms. The van der Waals surface area contributed by atoms with Gasteiger partial charge in [0.15, 0.2) is 0 Å². The minimum Gasteiger partial charge on any atom is -0.497 e. The zero-order chi connectivity index (χ0) is 25.1. The number of methoxy groups -OCH3 is 1. The molecule has 0 aromatic heterocycles. The first-order valence-electron chi connectivity index (χ1n) is 11.6. The second-order valence-electron chi connectivity index (χ2n) is 8.09. The van der Waals surface area contributed by atoms with E-state index in [0.29, 0.717) is 40.8 Å². The molecule has 0 aliphatic carbocycles. The van der Waals surface area contributed by atoms with E-state index in [2.05, 4.69) is 5.32 Å². The highest BCUT2D eigenvalue weighted by atomic mass is 35.5. The minimum absolute atomic E-state index is 0.0142. The smallest absolute Gasteiger partial charge is 0.243 e. The highest BCUT2D eigenvalue weighted by Gasteiger charge is 2.30.